The third kappa shape index (κ3) is 1.34. The van der Waals surface area contributed by atoms with Crippen LogP contribution in [0.1, 0.15) is 38.5 Å². The van der Waals surface area contributed by atoms with Crippen LogP contribution in [0.15, 0.2) is 0 Å². The molecule has 12 heavy (non-hydrogen) atoms. The van der Waals surface area contributed by atoms with Crippen molar-refractivity contribution < 1.29 is 5.11 Å². The van der Waals surface area contributed by atoms with E-state index in [1.54, 1.807) is 0 Å². The molecule has 0 aromatic rings. The van der Waals surface area contributed by atoms with Crippen molar-refractivity contribution in [2.24, 2.45) is 11.8 Å². The first-order valence-electron chi connectivity index (χ1n) is 4.81. The summed E-state index contributed by atoms with van der Waals surface area (Å²) < 4.78 is 0. The van der Waals surface area contributed by atoms with E-state index in [1.807, 2.05) is 0 Å². The molecule has 2 fully saturated rings. The van der Waals surface area contributed by atoms with Crippen molar-refractivity contribution in [2.45, 2.75) is 44.1 Å². The summed E-state index contributed by atoms with van der Waals surface area (Å²) in [5, 5.41) is 18.6. The van der Waals surface area contributed by atoms with Gasteiger partial charge in [-0.05, 0) is 31.1 Å². The predicted octanol–water partition coefficient (Wildman–Crippen LogP) is 1.84. The summed E-state index contributed by atoms with van der Waals surface area (Å²) in [6.45, 7) is 0. The minimum atomic E-state index is -0.626. The third-order valence-corrected chi connectivity index (χ3v) is 3.40. The molecule has 2 heteroatoms. The molecule has 2 rings (SSSR count). The number of hydrogen-bond donors (Lipinski definition) is 1. The zero-order valence-electron chi connectivity index (χ0n) is 7.29. The van der Waals surface area contributed by atoms with Crippen molar-refractivity contribution in [3.05, 3.63) is 0 Å². The molecule has 2 nitrogen and oxygen atoms in total. The molecule has 66 valence electrons. The van der Waals surface area contributed by atoms with E-state index < -0.39 is 5.60 Å². The van der Waals surface area contributed by atoms with Crippen LogP contribution in [0.25, 0.3) is 0 Å². The summed E-state index contributed by atoms with van der Waals surface area (Å²) in [6.07, 6.45) is 5.93. The van der Waals surface area contributed by atoms with Crippen molar-refractivity contribution in [1.82, 2.24) is 0 Å². The van der Waals surface area contributed by atoms with Gasteiger partial charge in [0.1, 0.15) is 0 Å². The van der Waals surface area contributed by atoms with E-state index in [0.717, 1.165) is 12.8 Å². The first-order chi connectivity index (χ1) is 5.72. The molecular weight excluding hydrogens is 150 g/mol. The lowest BCUT2D eigenvalue weighted by Crippen LogP contribution is -2.35. The molecule has 0 saturated heterocycles. The van der Waals surface area contributed by atoms with E-state index in [4.69, 9.17) is 5.26 Å². The second kappa shape index (κ2) is 2.74. The zero-order valence-corrected chi connectivity index (χ0v) is 7.29. The highest BCUT2D eigenvalue weighted by Gasteiger charge is 2.42. The smallest absolute Gasteiger partial charge is 0.0782 e. The summed E-state index contributed by atoms with van der Waals surface area (Å²) in [5.41, 5.74) is -0.626. The third-order valence-electron chi connectivity index (χ3n) is 3.40. The number of nitriles is 1. The summed E-state index contributed by atoms with van der Waals surface area (Å²) in [5.74, 6) is 1.42. The Labute approximate surface area is 73.2 Å². The molecule has 2 bridgehead atoms. The van der Waals surface area contributed by atoms with Crippen molar-refractivity contribution in [2.75, 3.05) is 0 Å². The minimum absolute atomic E-state index is 0.333. The van der Waals surface area contributed by atoms with Crippen LogP contribution < -0.4 is 0 Å². The van der Waals surface area contributed by atoms with Gasteiger partial charge in [-0.25, -0.2) is 0 Å². The van der Waals surface area contributed by atoms with E-state index >= 15 is 0 Å². The molecule has 2 aliphatic rings. The van der Waals surface area contributed by atoms with E-state index in [0.29, 0.717) is 18.3 Å². The van der Waals surface area contributed by atoms with Gasteiger partial charge >= 0.3 is 0 Å². The maximum Gasteiger partial charge on any atom is 0.0782 e. The quantitative estimate of drug-likeness (QED) is 0.644. The van der Waals surface area contributed by atoms with E-state index in [2.05, 4.69) is 6.07 Å². The summed E-state index contributed by atoms with van der Waals surface area (Å²) >= 11 is 0. The van der Waals surface area contributed by atoms with Crippen LogP contribution >= 0.6 is 0 Å². The van der Waals surface area contributed by atoms with Gasteiger partial charge in [-0.15, -0.1) is 0 Å². The second-order valence-corrected chi connectivity index (χ2v) is 4.51. The van der Waals surface area contributed by atoms with E-state index in [1.165, 1.54) is 19.3 Å². The molecule has 0 aliphatic heterocycles. The number of fused-ring (bicyclic) bond motifs is 2. The number of aliphatic hydroxyl groups is 1. The normalized spacial score (nSPS) is 45.7. The average Bonchev–Trinajstić information content (AvgIpc) is 2.31. The maximum atomic E-state index is 10.0. The summed E-state index contributed by atoms with van der Waals surface area (Å²) in [7, 11) is 0. The van der Waals surface area contributed by atoms with Crippen molar-refractivity contribution in [1.29, 1.82) is 5.26 Å². The van der Waals surface area contributed by atoms with Crippen LogP contribution in [0.2, 0.25) is 0 Å². The van der Waals surface area contributed by atoms with Crippen molar-refractivity contribution in [3.8, 4) is 6.07 Å². The van der Waals surface area contributed by atoms with Crippen LogP contribution in [0, 0.1) is 23.2 Å². The first kappa shape index (κ1) is 8.07. The number of nitrogens with zero attached hydrogens (tertiary/aromatic N) is 1. The Hall–Kier alpha value is -0.550. The Balaban J connectivity index is 2.06. The van der Waals surface area contributed by atoms with Crippen LogP contribution in [-0.4, -0.2) is 10.7 Å². The zero-order chi connectivity index (χ0) is 8.60. The van der Waals surface area contributed by atoms with Crippen LogP contribution in [0.3, 0.4) is 0 Å². The Morgan fingerprint density at radius 1 is 1.33 bits per heavy atom. The lowest BCUT2D eigenvalue weighted by molar-refractivity contribution is -0.0161. The molecule has 0 spiro atoms. The first-order valence-corrected chi connectivity index (χ1v) is 4.81. The van der Waals surface area contributed by atoms with Crippen molar-refractivity contribution in [3.63, 3.8) is 0 Å². The fourth-order valence-electron chi connectivity index (χ4n) is 3.00. The molecule has 0 heterocycles. The van der Waals surface area contributed by atoms with Crippen LogP contribution in [0.5, 0.6) is 0 Å². The highest BCUT2D eigenvalue weighted by Crippen LogP contribution is 2.47. The van der Waals surface area contributed by atoms with E-state index in [9.17, 15) is 5.11 Å². The van der Waals surface area contributed by atoms with Crippen molar-refractivity contribution >= 4 is 0 Å². The molecule has 0 amide bonds. The summed E-state index contributed by atoms with van der Waals surface area (Å²) in [6, 6.07) is 2.10. The van der Waals surface area contributed by atoms with Gasteiger partial charge in [0.2, 0.25) is 0 Å². The molecule has 2 saturated carbocycles. The highest BCUT2D eigenvalue weighted by molar-refractivity contribution is 4.98. The van der Waals surface area contributed by atoms with Crippen LogP contribution in [0.4, 0.5) is 0 Å². The lowest BCUT2D eigenvalue weighted by atomic mass is 9.76. The maximum absolute atomic E-state index is 10.0. The molecule has 0 aromatic carbocycles. The fourth-order valence-corrected chi connectivity index (χ4v) is 3.00. The molecule has 2 aliphatic carbocycles. The number of hydrogen-bond acceptors (Lipinski definition) is 2. The highest BCUT2D eigenvalue weighted by atomic mass is 16.3. The van der Waals surface area contributed by atoms with Gasteiger partial charge in [0.25, 0.3) is 0 Å². The fraction of sp³-hybridized carbons (Fsp3) is 0.900. The molecule has 2 unspecified atom stereocenters. The predicted molar refractivity (Wildman–Crippen MR) is 45.2 cm³/mol. The van der Waals surface area contributed by atoms with Gasteiger partial charge in [-0.2, -0.15) is 5.26 Å². The minimum Gasteiger partial charge on any atom is -0.389 e. The van der Waals surface area contributed by atoms with Gasteiger partial charge in [0.05, 0.1) is 18.1 Å². The molecular formula is C10H15NO. The van der Waals surface area contributed by atoms with Gasteiger partial charge in [0, 0.05) is 0 Å². The van der Waals surface area contributed by atoms with E-state index in [-0.39, 0.29) is 0 Å². The topological polar surface area (TPSA) is 44.0 Å². The Morgan fingerprint density at radius 2 is 1.92 bits per heavy atom. The molecule has 2 atom stereocenters. The Morgan fingerprint density at radius 3 is 2.42 bits per heavy atom. The second-order valence-electron chi connectivity index (χ2n) is 4.51. The lowest BCUT2D eigenvalue weighted by Gasteiger charge is -2.34. The monoisotopic (exact) mass is 165 g/mol. The Kier molecular flexibility index (Phi) is 1.84. The Bertz CT molecular complexity index is 206. The molecule has 0 aromatic heterocycles. The SMILES string of the molecule is N#CCC1(O)CC2CCC(C2)C1. The average molecular weight is 165 g/mol. The molecule has 0 radical (unpaired) electrons. The van der Waals surface area contributed by atoms with Gasteiger partial charge in [-0.1, -0.05) is 12.8 Å². The largest absolute Gasteiger partial charge is 0.389 e. The van der Waals surface area contributed by atoms with Crippen LogP contribution in [-0.2, 0) is 0 Å². The number of rotatable bonds is 1. The molecule has 1 N–H and O–H groups in total. The summed E-state index contributed by atoms with van der Waals surface area (Å²) in [4.78, 5) is 0. The standard InChI is InChI=1S/C10H15NO/c11-4-3-10(12)6-8-1-2-9(5-8)7-10/h8-9,12H,1-3,5-7H2. The van der Waals surface area contributed by atoms with Gasteiger partial charge in [0.15, 0.2) is 0 Å². The van der Waals surface area contributed by atoms with Gasteiger partial charge in [-0.3, -0.25) is 0 Å². The van der Waals surface area contributed by atoms with Gasteiger partial charge < -0.3 is 5.11 Å².